The van der Waals surface area contributed by atoms with Crippen molar-refractivity contribution in [1.82, 2.24) is 84.7 Å². The maximum absolute atomic E-state index is 4.55. The first-order valence-electron chi connectivity index (χ1n) is 31.9. The van der Waals surface area contributed by atoms with Crippen molar-refractivity contribution in [2.24, 2.45) is 0 Å². The number of fused-ring (bicyclic) bond motifs is 4. The lowest BCUT2D eigenvalue weighted by molar-refractivity contribution is 0.875. The summed E-state index contributed by atoms with van der Waals surface area (Å²) >= 11 is 0. The van der Waals surface area contributed by atoms with E-state index in [1.165, 1.54) is 10.8 Å². The SMILES string of the molecule is CC.CC.CC.CC.CC.CC.CC.Cc1cc(C)ncn1.Cc1ccnc(C)n1.Cc1cnc(C)cn1.Cc1cnc(C)nc1.Cc1cncc(C)n1.Cc1nc(C)c2ccc3ccccc3c2n1.Cc1nc(C)c2ccccc2n1.Cc1nc(C)nc(C)n1. The third-order valence-corrected chi connectivity index (χ3v) is 10.3. The molecule has 494 valence electrons. The average molecular weight is 1240 g/mol. The number of aryl methyl sites for hydroxylation is 17. The van der Waals surface area contributed by atoms with E-state index in [2.05, 4.69) is 121 Å². The summed E-state index contributed by atoms with van der Waals surface area (Å²) in [5, 5.41) is 4.72. The molecule has 8 aromatic heterocycles. The first-order valence-corrected chi connectivity index (χ1v) is 31.9. The van der Waals surface area contributed by atoms with Crippen LogP contribution in [0.4, 0.5) is 0 Å². The van der Waals surface area contributed by atoms with Gasteiger partial charge in [-0.3, -0.25) is 19.9 Å². The van der Waals surface area contributed by atoms with Gasteiger partial charge in [0.1, 0.15) is 47.1 Å². The molecule has 8 heterocycles. The van der Waals surface area contributed by atoms with Gasteiger partial charge in [-0.1, -0.05) is 152 Å². The fourth-order valence-corrected chi connectivity index (χ4v) is 6.98. The second-order valence-electron chi connectivity index (χ2n) is 17.8. The summed E-state index contributed by atoms with van der Waals surface area (Å²) in [4.78, 5) is 69.5. The zero-order chi connectivity index (χ0) is 70.4. The van der Waals surface area contributed by atoms with Crippen molar-refractivity contribution in [2.45, 2.75) is 215 Å². The minimum atomic E-state index is 0.792. The molecule has 0 unspecified atom stereocenters. The van der Waals surface area contributed by atoms with Gasteiger partial charge in [0.15, 0.2) is 0 Å². The first kappa shape index (κ1) is 88.4. The van der Waals surface area contributed by atoms with Gasteiger partial charge in [0.2, 0.25) is 0 Å². The van der Waals surface area contributed by atoms with Gasteiger partial charge in [0.05, 0.1) is 33.8 Å². The second kappa shape index (κ2) is 55.1. The molecule has 0 saturated carbocycles. The molecule has 11 aromatic rings. The highest BCUT2D eigenvalue weighted by Gasteiger charge is 2.05. The number of rotatable bonds is 0. The van der Waals surface area contributed by atoms with Crippen molar-refractivity contribution < 1.29 is 0 Å². The zero-order valence-corrected chi connectivity index (χ0v) is 61.6. The monoisotopic (exact) mass is 1240 g/mol. The van der Waals surface area contributed by atoms with E-state index < -0.39 is 0 Å². The molecule has 0 aliphatic carbocycles. The van der Waals surface area contributed by atoms with Gasteiger partial charge in [-0.25, -0.2) is 64.8 Å². The van der Waals surface area contributed by atoms with Crippen LogP contribution in [0.2, 0.25) is 0 Å². The summed E-state index contributed by atoms with van der Waals surface area (Å²) in [5.41, 5.74) is 12.3. The van der Waals surface area contributed by atoms with Crippen LogP contribution in [0.1, 0.15) is 195 Å². The van der Waals surface area contributed by atoms with E-state index >= 15 is 0 Å². The molecule has 0 atom stereocenters. The number of para-hydroxylation sites is 1. The topological polar surface area (TPSA) is 219 Å². The lowest BCUT2D eigenvalue weighted by atomic mass is 10.1. The molecule has 0 spiro atoms. The van der Waals surface area contributed by atoms with E-state index in [1.54, 1.807) is 37.3 Å². The van der Waals surface area contributed by atoms with E-state index in [0.717, 1.165) is 119 Å². The van der Waals surface area contributed by atoms with Gasteiger partial charge in [0, 0.05) is 88.0 Å². The van der Waals surface area contributed by atoms with E-state index in [4.69, 9.17) is 0 Å². The highest BCUT2D eigenvalue weighted by molar-refractivity contribution is 6.05. The second-order valence-corrected chi connectivity index (χ2v) is 17.8. The number of hydrogen-bond donors (Lipinski definition) is 0. The van der Waals surface area contributed by atoms with E-state index in [9.17, 15) is 0 Å². The van der Waals surface area contributed by atoms with Gasteiger partial charge >= 0.3 is 0 Å². The third kappa shape index (κ3) is 40.3. The van der Waals surface area contributed by atoms with Crippen LogP contribution >= 0.6 is 0 Å². The molecule has 0 amide bonds. The lowest BCUT2D eigenvalue weighted by Gasteiger charge is -2.05. The van der Waals surface area contributed by atoms with Crippen LogP contribution in [-0.2, 0) is 0 Å². The molecule has 0 fully saturated rings. The Labute approximate surface area is 549 Å². The van der Waals surface area contributed by atoms with Crippen molar-refractivity contribution in [3.63, 3.8) is 0 Å². The molecule has 17 heteroatoms. The Hall–Kier alpha value is -8.99. The quantitative estimate of drug-likeness (QED) is 0.129. The van der Waals surface area contributed by atoms with E-state index in [0.29, 0.717) is 0 Å². The Balaban J connectivity index is -0.000000468. The maximum Gasteiger partial charge on any atom is 0.129 e. The molecule has 0 saturated heterocycles. The molecule has 0 radical (unpaired) electrons. The van der Waals surface area contributed by atoms with Crippen molar-refractivity contribution in [3.8, 4) is 0 Å². The highest BCUT2D eigenvalue weighted by atomic mass is 15.0. The number of hydrogen-bond acceptors (Lipinski definition) is 17. The molecular weight excluding hydrogens is 1130 g/mol. The van der Waals surface area contributed by atoms with Crippen LogP contribution < -0.4 is 0 Å². The molecule has 91 heavy (non-hydrogen) atoms. The molecule has 0 bridgehead atoms. The minimum Gasteiger partial charge on any atom is -0.261 e. The average Bonchev–Trinajstić information content (AvgIpc) is 0.866. The Morgan fingerprint density at radius 3 is 1.08 bits per heavy atom. The minimum absolute atomic E-state index is 0.792. The summed E-state index contributed by atoms with van der Waals surface area (Å²) in [7, 11) is 0. The first-order chi connectivity index (χ1) is 43.6. The van der Waals surface area contributed by atoms with Crippen LogP contribution in [-0.4, -0.2) is 84.7 Å². The Morgan fingerprint density at radius 2 is 0.681 bits per heavy atom. The van der Waals surface area contributed by atoms with Crippen LogP contribution in [0.3, 0.4) is 0 Å². The predicted octanol–water partition coefficient (Wildman–Crippen LogP) is 19.1. The van der Waals surface area contributed by atoms with Crippen molar-refractivity contribution in [3.05, 3.63) is 220 Å². The largest absolute Gasteiger partial charge is 0.261 e. The molecule has 0 N–H and O–H groups in total. The van der Waals surface area contributed by atoms with Crippen molar-refractivity contribution >= 4 is 32.6 Å². The highest BCUT2D eigenvalue weighted by Crippen LogP contribution is 2.25. The van der Waals surface area contributed by atoms with Crippen molar-refractivity contribution in [2.75, 3.05) is 0 Å². The fourth-order valence-electron chi connectivity index (χ4n) is 6.98. The summed E-state index contributed by atoms with van der Waals surface area (Å²) in [6.45, 7) is 60.8. The zero-order valence-electron chi connectivity index (χ0n) is 61.6. The van der Waals surface area contributed by atoms with E-state index in [-0.39, 0.29) is 0 Å². The molecule has 3 aromatic carbocycles. The van der Waals surface area contributed by atoms with Gasteiger partial charge in [0.25, 0.3) is 0 Å². The van der Waals surface area contributed by atoms with Crippen molar-refractivity contribution in [1.29, 1.82) is 0 Å². The van der Waals surface area contributed by atoms with Crippen LogP contribution in [0.5, 0.6) is 0 Å². The summed E-state index contributed by atoms with van der Waals surface area (Å²) < 4.78 is 0. The molecule has 17 nitrogen and oxygen atoms in total. The maximum atomic E-state index is 4.55. The molecular formula is C74H113N17. The smallest absolute Gasteiger partial charge is 0.129 e. The fraction of sp³-hybridized carbons (Fsp3) is 0.419. The van der Waals surface area contributed by atoms with Crippen LogP contribution in [0, 0.1) is 118 Å². The lowest BCUT2D eigenvalue weighted by Crippen LogP contribution is -1.97. The van der Waals surface area contributed by atoms with Gasteiger partial charge < -0.3 is 0 Å². The predicted molar refractivity (Wildman–Crippen MR) is 387 cm³/mol. The van der Waals surface area contributed by atoms with Crippen LogP contribution in [0.25, 0.3) is 32.6 Å². The Bertz CT molecular complexity index is 3280. The standard InChI is InChI=1S/C14H12N2.C10H10N2.C6H9N3.5C6H8N2.7C2H6/c1-9-12-8-7-11-5-3-4-6-13(11)14(12)16-10(2)15-9;1-7-9-5-3-4-6-10(9)12-8(2)11-7;1-4-7-5(2)9-6(3)8-4;1-5-3-8-6(2)4-7-5;1-5-3-7-4-6(2)8-5;1-5-3-6(2)8-4-7-5;1-5-3-7-6(2)8-4-5;1-5-3-4-7-6(2)8-5;7*1-2/h3-8H,1-2H3;3-6H,1-2H3;1-3H3;5*3-4H,1-2H3;7*1-2H3. The summed E-state index contributed by atoms with van der Waals surface area (Å²) in [6.07, 6.45) is 14.0. The van der Waals surface area contributed by atoms with Gasteiger partial charge in [-0.15, -0.1) is 0 Å². The summed E-state index contributed by atoms with van der Waals surface area (Å²) in [6, 6.07) is 24.4. The normalized spacial score (nSPS) is 8.82. The Morgan fingerprint density at radius 1 is 0.253 bits per heavy atom. The van der Waals surface area contributed by atoms with Gasteiger partial charge in [-0.05, 0) is 147 Å². The molecule has 0 aliphatic heterocycles. The number of benzene rings is 3. The number of aromatic nitrogens is 17. The van der Waals surface area contributed by atoms with Crippen LogP contribution in [0.15, 0.2) is 123 Å². The molecule has 0 aliphatic rings. The van der Waals surface area contributed by atoms with E-state index in [1.807, 2.05) is 263 Å². The third-order valence-electron chi connectivity index (χ3n) is 10.3. The Kier molecular flexibility index (Phi) is 53.6. The molecule has 11 rings (SSSR count). The van der Waals surface area contributed by atoms with Gasteiger partial charge in [-0.2, -0.15) is 0 Å². The summed E-state index contributed by atoms with van der Waals surface area (Å²) in [5.74, 6) is 5.72. The number of nitrogens with zero attached hydrogens (tertiary/aromatic N) is 17.